The summed E-state index contributed by atoms with van der Waals surface area (Å²) in [6.45, 7) is 3.66. The van der Waals surface area contributed by atoms with Crippen LogP contribution in [0.2, 0.25) is 0 Å². The molecule has 4 N–H and O–H groups in total. The van der Waals surface area contributed by atoms with Gasteiger partial charge in [0, 0.05) is 10.8 Å². The number of ether oxygens (including phenoxy) is 2. The van der Waals surface area contributed by atoms with Gasteiger partial charge in [-0.05, 0) is 12.8 Å². The summed E-state index contributed by atoms with van der Waals surface area (Å²) < 4.78 is 10.5. The molecular formula is C13H28O6. The van der Waals surface area contributed by atoms with Gasteiger partial charge in [-0.1, -0.05) is 13.8 Å². The minimum Gasteiger partial charge on any atom is -0.396 e. The zero-order chi connectivity index (χ0) is 14.8. The Morgan fingerprint density at radius 3 is 1.47 bits per heavy atom. The van der Waals surface area contributed by atoms with Gasteiger partial charge >= 0.3 is 0 Å². The first-order valence-corrected chi connectivity index (χ1v) is 6.66. The minimum atomic E-state index is -0.646. The number of hydrogen-bond donors (Lipinski definition) is 4. The summed E-state index contributed by atoms with van der Waals surface area (Å²) in [4.78, 5) is 0. The fourth-order valence-corrected chi connectivity index (χ4v) is 1.66. The fraction of sp³-hybridized carbons (Fsp3) is 1.00. The van der Waals surface area contributed by atoms with Gasteiger partial charge in [-0.3, -0.25) is 0 Å². The molecule has 0 aliphatic carbocycles. The van der Waals surface area contributed by atoms with E-state index in [4.69, 9.17) is 14.6 Å². The third-order valence-corrected chi connectivity index (χ3v) is 3.82. The van der Waals surface area contributed by atoms with E-state index in [1.807, 2.05) is 13.8 Å². The van der Waals surface area contributed by atoms with Crippen LogP contribution in [0.3, 0.4) is 0 Å². The average molecular weight is 280 g/mol. The van der Waals surface area contributed by atoms with Crippen molar-refractivity contribution in [3.63, 3.8) is 0 Å². The Morgan fingerprint density at radius 1 is 0.684 bits per heavy atom. The molecule has 0 aromatic rings. The molecule has 0 aromatic heterocycles. The van der Waals surface area contributed by atoms with Crippen LogP contribution in [0.5, 0.6) is 0 Å². The highest BCUT2D eigenvalue weighted by Gasteiger charge is 2.32. The summed E-state index contributed by atoms with van der Waals surface area (Å²) in [6.07, 6.45) is 1.24. The van der Waals surface area contributed by atoms with Crippen LogP contribution in [0.15, 0.2) is 0 Å². The van der Waals surface area contributed by atoms with E-state index in [0.717, 1.165) is 0 Å². The van der Waals surface area contributed by atoms with E-state index in [1.54, 1.807) is 0 Å². The lowest BCUT2D eigenvalue weighted by atomic mass is 9.86. The van der Waals surface area contributed by atoms with Crippen LogP contribution in [0.1, 0.15) is 26.7 Å². The molecule has 116 valence electrons. The van der Waals surface area contributed by atoms with Crippen molar-refractivity contribution < 1.29 is 29.9 Å². The van der Waals surface area contributed by atoms with E-state index < -0.39 is 17.6 Å². The molecule has 0 rings (SSSR count). The van der Waals surface area contributed by atoms with Crippen molar-refractivity contribution in [1.29, 1.82) is 0 Å². The molecule has 0 heterocycles. The maximum atomic E-state index is 9.46. The third-order valence-electron chi connectivity index (χ3n) is 3.82. The fourth-order valence-electron chi connectivity index (χ4n) is 1.66. The van der Waals surface area contributed by atoms with Gasteiger partial charge in [0.05, 0.1) is 39.6 Å². The molecule has 0 aliphatic heterocycles. The van der Waals surface area contributed by atoms with Gasteiger partial charge in [-0.2, -0.15) is 0 Å². The average Bonchev–Trinajstić information content (AvgIpc) is 2.48. The van der Waals surface area contributed by atoms with Crippen LogP contribution in [0.4, 0.5) is 0 Å². The van der Waals surface area contributed by atoms with Gasteiger partial charge in [0.2, 0.25) is 0 Å². The minimum absolute atomic E-state index is 0.110. The molecule has 0 fully saturated rings. The smallest absolute Gasteiger partial charge is 0.143 e. The molecule has 1 atom stereocenters. The first kappa shape index (κ1) is 18.8. The molecule has 19 heavy (non-hydrogen) atoms. The van der Waals surface area contributed by atoms with Gasteiger partial charge in [0.15, 0.2) is 0 Å². The Morgan fingerprint density at radius 2 is 1.11 bits per heavy atom. The van der Waals surface area contributed by atoms with Crippen molar-refractivity contribution >= 4 is 0 Å². The summed E-state index contributed by atoms with van der Waals surface area (Å²) in [7, 11) is 0. The van der Waals surface area contributed by atoms with E-state index >= 15 is 0 Å². The molecular weight excluding hydrogens is 252 g/mol. The monoisotopic (exact) mass is 280 g/mol. The highest BCUT2D eigenvalue weighted by Crippen LogP contribution is 2.25. The van der Waals surface area contributed by atoms with Crippen molar-refractivity contribution in [2.75, 3.05) is 46.4 Å². The van der Waals surface area contributed by atoms with Crippen molar-refractivity contribution in [3.8, 4) is 0 Å². The summed E-state index contributed by atoms with van der Waals surface area (Å²) in [5.74, 6) is 0. The predicted octanol–water partition coefficient (Wildman–Crippen LogP) is -0.261. The molecule has 0 bridgehead atoms. The summed E-state index contributed by atoms with van der Waals surface area (Å²) in [5.41, 5.74) is -1.21. The van der Waals surface area contributed by atoms with Crippen molar-refractivity contribution in [1.82, 2.24) is 0 Å². The lowest BCUT2D eigenvalue weighted by Gasteiger charge is -2.33. The zero-order valence-electron chi connectivity index (χ0n) is 12.0. The van der Waals surface area contributed by atoms with Crippen molar-refractivity contribution in [3.05, 3.63) is 0 Å². The number of hydrogen-bond acceptors (Lipinski definition) is 6. The van der Waals surface area contributed by atoms with Gasteiger partial charge in [-0.25, -0.2) is 0 Å². The normalized spacial score (nSPS) is 15.5. The molecule has 0 saturated carbocycles. The van der Waals surface area contributed by atoms with E-state index in [1.165, 1.54) is 0 Å². The molecule has 6 nitrogen and oxygen atoms in total. The Kier molecular flexibility index (Phi) is 9.51. The first-order valence-electron chi connectivity index (χ1n) is 6.66. The molecule has 0 radical (unpaired) electrons. The molecule has 0 spiro atoms. The maximum absolute atomic E-state index is 9.46. The second-order valence-electron chi connectivity index (χ2n) is 5.15. The molecule has 0 saturated heterocycles. The van der Waals surface area contributed by atoms with Gasteiger partial charge in [0.25, 0.3) is 0 Å². The lowest BCUT2D eigenvalue weighted by Crippen LogP contribution is -2.40. The Bertz CT molecular complexity index is 205. The topological polar surface area (TPSA) is 99.4 Å². The molecule has 1 unspecified atom stereocenters. The van der Waals surface area contributed by atoms with Gasteiger partial charge in [-0.15, -0.1) is 0 Å². The first-order chi connectivity index (χ1) is 9.07. The standard InChI is InChI=1S/C13H28O6/c1-3-12(5-14,6-15)8-18-9-13(4-2,7-16)10-19-11-17/h14-17H,3-11H2,1-2H3. The van der Waals surface area contributed by atoms with Crippen LogP contribution in [0, 0.1) is 10.8 Å². The van der Waals surface area contributed by atoms with Crippen LogP contribution in [-0.4, -0.2) is 66.9 Å². The second kappa shape index (κ2) is 9.63. The lowest BCUT2D eigenvalue weighted by molar-refractivity contribution is -0.107. The van der Waals surface area contributed by atoms with Gasteiger partial charge < -0.3 is 29.9 Å². The van der Waals surface area contributed by atoms with Gasteiger partial charge in [0.1, 0.15) is 6.79 Å². The molecule has 0 amide bonds. The molecule has 6 heteroatoms. The van der Waals surface area contributed by atoms with E-state index in [9.17, 15) is 15.3 Å². The van der Waals surface area contributed by atoms with Crippen LogP contribution < -0.4 is 0 Å². The van der Waals surface area contributed by atoms with E-state index in [0.29, 0.717) is 12.8 Å². The summed E-state index contributed by atoms with van der Waals surface area (Å²) in [5, 5.41) is 36.8. The van der Waals surface area contributed by atoms with Crippen molar-refractivity contribution in [2.45, 2.75) is 26.7 Å². The molecule has 0 aromatic carbocycles. The SMILES string of the molecule is CCC(CO)(CO)COCC(CC)(CO)COCO. The van der Waals surface area contributed by atoms with Crippen LogP contribution in [0.25, 0.3) is 0 Å². The maximum Gasteiger partial charge on any atom is 0.143 e. The predicted molar refractivity (Wildman–Crippen MR) is 70.6 cm³/mol. The highest BCUT2D eigenvalue weighted by molar-refractivity contribution is 4.79. The molecule has 0 aliphatic rings. The zero-order valence-corrected chi connectivity index (χ0v) is 12.0. The third kappa shape index (κ3) is 5.72. The quantitative estimate of drug-likeness (QED) is 0.368. The van der Waals surface area contributed by atoms with Crippen molar-refractivity contribution in [2.24, 2.45) is 10.8 Å². The summed E-state index contributed by atoms with van der Waals surface area (Å²) in [6, 6.07) is 0. The largest absolute Gasteiger partial charge is 0.396 e. The van der Waals surface area contributed by atoms with E-state index in [2.05, 4.69) is 0 Å². The van der Waals surface area contributed by atoms with E-state index in [-0.39, 0.29) is 39.6 Å². The summed E-state index contributed by atoms with van der Waals surface area (Å²) >= 11 is 0. The Labute approximate surface area is 115 Å². The number of rotatable bonds is 12. The Balaban J connectivity index is 4.39. The highest BCUT2D eigenvalue weighted by atomic mass is 16.6. The second-order valence-corrected chi connectivity index (χ2v) is 5.15. The number of aliphatic hydroxyl groups excluding tert-OH is 4. The number of aliphatic hydroxyl groups is 4. The Hall–Kier alpha value is -0.240. The van der Waals surface area contributed by atoms with Crippen LogP contribution in [-0.2, 0) is 9.47 Å². The van der Waals surface area contributed by atoms with Crippen LogP contribution >= 0.6 is 0 Å².